The molecule has 0 saturated carbocycles. The standard InChI is InChI=1S/C20H22FN3O2/c21-16-7-9-17(10-8-16)24(13-11-19(22)25)20(26)14-23-12-3-5-15-4-1-2-6-18(15)23/h1-2,4,6-10H,3,5,11-14H2,(H2,22,25). The van der Waals surface area contributed by atoms with E-state index >= 15 is 0 Å². The van der Waals surface area contributed by atoms with Crippen molar-refractivity contribution in [1.82, 2.24) is 0 Å². The maximum atomic E-state index is 13.2. The molecule has 1 aliphatic heterocycles. The minimum absolute atomic E-state index is 0.0553. The quantitative estimate of drug-likeness (QED) is 0.866. The van der Waals surface area contributed by atoms with Crippen LogP contribution in [0.2, 0.25) is 0 Å². The number of halogens is 1. The Morgan fingerprint density at radius 3 is 2.58 bits per heavy atom. The molecule has 1 aliphatic rings. The molecule has 5 nitrogen and oxygen atoms in total. The number of hydrogen-bond acceptors (Lipinski definition) is 3. The van der Waals surface area contributed by atoms with Crippen LogP contribution < -0.4 is 15.5 Å². The Hall–Kier alpha value is -2.89. The van der Waals surface area contributed by atoms with Crippen LogP contribution in [-0.4, -0.2) is 31.4 Å². The van der Waals surface area contributed by atoms with Gasteiger partial charge in [0.1, 0.15) is 5.82 Å². The fourth-order valence-corrected chi connectivity index (χ4v) is 3.27. The molecule has 6 heteroatoms. The third-order valence-corrected chi connectivity index (χ3v) is 4.55. The Labute approximate surface area is 152 Å². The number of nitrogens with two attached hydrogens (primary N) is 1. The number of aryl methyl sites for hydroxylation is 1. The van der Waals surface area contributed by atoms with Crippen LogP contribution in [0, 0.1) is 5.82 Å². The van der Waals surface area contributed by atoms with Gasteiger partial charge in [-0.1, -0.05) is 18.2 Å². The van der Waals surface area contributed by atoms with E-state index in [1.165, 1.54) is 22.6 Å². The van der Waals surface area contributed by atoms with Gasteiger partial charge in [-0.05, 0) is 48.7 Å². The predicted molar refractivity (Wildman–Crippen MR) is 99.5 cm³/mol. The highest BCUT2D eigenvalue weighted by atomic mass is 19.1. The smallest absolute Gasteiger partial charge is 0.246 e. The topological polar surface area (TPSA) is 66.6 Å². The van der Waals surface area contributed by atoms with E-state index in [1.54, 1.807) is 12.1 Å². The molecule has 0 unspecified atom stereocenters. The van der Waals surface area contributed by atoms with Crippen LogP contribution in [0.1, 0.15) is 18.4 Å². The molecule has 2 N–H and O–H groups in total. The van der Waals surface area contributed by atoms with E-state index in [0.29, 0.717) is 5.69 Å². The number of anilines is 2. The molecule has 2 aromatic rings. The summed E-state index contributed by atoms with van der Waals surface area (Å²) in [5, 5.41) is 0. The van der Waals surface area contributed by atoms with Gasteiger partial charge in [-0.25, -0.2) is 4.39 Å². The zero-order chi connectivity index (χ0) is 18.5. The Balaban J connectivity index is 1.79. The summed E-state index contributed by atoms with van der Waals surface area (Å²) in [5.41, 5.74) is 8.11. The lowest BCUT2D eigenvalue weighted by molar-refractivity contribution is -0.118. The number of carbonyl (C=O) groups is 2. The van der Waals surface area contributed by atoms with E-state index < -0.39 is 5.91 Å². The Morgan fingerprint density at radius 2 is 1.85 bits per heavy atom. The fraction of sp³-hybridized carbons (Fsp3) is 0.300. The lowest BCUT2D eigenvalue weighted by Gasteiger charge is -2.33. The number of rotatable bonds is 6. The van der Waals surface area contributed by atoms with Crippen LogP contribution >= 0.6 is 0 Å². The lowest BCUT2D eigenvalue weighted by Crippen LogP contribution is -2.43. The second kappa shape index (κ2) is 7.99. The van der Waals surface area contributed by atoms with Crippen LogP contribution in [0.15, 0.2) is 48.5 Å². The molecule has 136 valence electrons. The molecule has 0 saturated heterocycles. The molecule has 2 aromatic carbocycles. The average molecular weight is 355 g/mol. The lowest BCUT2D eigenvalue weighted by atomic mass is 10.0. The van der Waals surface area contributed by atoms with Crippen molar-refractivity contribution < 1.29 is 14.0 Å². The number of carbonyl (C=O) groups excluding carboxylic acids is 2. The summed E-state index contributed by atoms with van der Waals surface area (Å²) in [5.74, 6) is -0.996. The van der Waals surface area contributed by atoms with E-state index in [9.17, 15) is 14.0 Å². The summed E-state index contributed by atoms with van der Waals surface area (Å²) in [7, 11) is 0. The molecule has 0 fully saturated rings. The zero-order valence-electron chi connectivity index (χ0n) is 14.5. The molecule has 0 spiro atoms. The minimum Gasteiger partial charge on any atom is -0.370 e. The van der Waals surface area contributed by atoms with Crippen LogP contribution in [0.25, 0.3) is 0 Å². The van der Waals surface area contributed by atoms with E-state index in [2.05, 4.69) is 11.0 Å². The minimum atomic E-state index is -0.478. The molecule has 0 aliphatic carbocycles. The van der Waals surface area contributed by atoms with Gasteiger partial charge < -0.3 is 15.5 Å². The third kappa shape index (κ3) is 4.20. The second-order valence-electron chi connectivity index (χ2n) is 6.39. The Bertz CT molecular complexity index is 792. The van der Waals surface area contributed by atoms with Crippen molar-refractivity contribution in [2.75, 3.05) is 29.4 Å². The van der Waals surface area contributed by atoms with Crippen molar-refractivity contribution in [2.24, 2.45) is 5.73 Å². The van der Waals surface area contributed by atoms with Gasteiger partial charge in [-0.2, -0.15) is 0 Å². The van der Waals surface area contributed by atoms with Crippen molar-refractivity contribution in [3.05, 3.63) is 59.9 Å². The Morgan fingerprint density at radius 1 is 1.12 bits per heavy atom. The van der Waals surface area contributed by atoms with Gasteiger partial charge in [0.25, 0.3) is 0 Å². The number of amides is 2. The molecule has 2 amide bonds. The highest BCUT2D eigenvalue weighted by molar-refractivity contribution is 5.97. The fourth-order valence-electron chi connectivity index (χ4n) is 3.27. The van der Waals surface area contributed by atoms with Crippen LogP contribution in [-0.2, 0) is 16.0 Å². The highest BCUT2D eigenvalue weighted by Gasteiger charge is 2.23. The number of primary amides is 1. The monoisotopic (exact) mass is 355 g/mol. The van der Waals surface area contributed by atoms with E-state index in [1.807, 2.05) is 18.2 Å². The number of fused-ring (bicyclic) bond motifs is 1. The SMILES string of the molecule is NC(=O)CCN(C(=O)CN1CCCc2ccccc21)c1ccc(F)cc1. The van der Waals surface area contributed by atoms with E-state index in [-0.39, 0.29) is 31.2 Å². The van der Waals surface area contributed by atoms with Crippen molar-refractivity contribution >= 4 is 23.2 Å². The summed E-state index contributed by atoms with van der Waals surface area (Å²) in [4.78, 5) is 27.7. The normalized spacial score (nSPS) is 13.2. The molecule has 26 heavy (non-hydrogen) atoms. The maximum Gasteiger partial charge on any atom is 0.246 e. The number of benzene rings is 2. The summed E-state index contributed by atoms with van der Waals surface area (Å²) >= 11 is 0. The van der Waals surface area contributed by atoms with Gasteiger partial charge in [0.05, 0.1) is 6.54 Å². The van der Waals surface area contributed by atoms with Crippen LogP contribution in [0.5, 0.6) is 0 Å². The second-order valence-corrected chi connectivity index (χ2v) is 6.39. The predicted octanol–water partition coefficient (Wildman–Crippen LogP) is 2.49. The molecular formula is C20H22FN3O2. The molecule has 0 aromatic heterocycles. The van der Waals surface area contributed by atoms with Gasteiger partial charge in [-0.3, -0.25) is 9.59 Å². The van der Waals surface area contributed by atoms with Gasteiger partial charge in [0.15, 0.2) is 0 Å². The molecular weight excluding hydrogens is 333 g/mol. The summed E-state index contributed by atoms with van der Waals surface area (Å²) in [6, 6.07) is 13.8. The summed E-state index contributed by atoms with van der Waals surface area (Å²) in [6.45, 7) is 1.18. The molecule has 0 bridgehead atoms. The molecule has 3 rings (SSSR count). The van der Waals surface area contributed by atoms with E-state index in [4.69, 9.17) is 5.73 Å². The molecule has 0 atom stereocenters. The number of hydrogen-bond donors (Lipinski definition) is 1. The van der Waals surface area contributed by atoms with Crippen LogP contribution in [0.4, 0.5) is 15.8 Å². The first-order valence-corrected chi connectivity index (χ1v) is 8.71. The first-order valence-electron chi connectivity index (χ1n) is 8.71. The van der Waals surface area contributed by atoms with Crippen molar-refractivity contribution in [3.63, 3.8) is 0 Å². The molecule has 0 radical (unpaired) electrons. The van der Waals surface area contributed by atoms with Crippen molar-refractivity contribution in [3.8, 4) is 0 Å². The number of nitrogens with zero attached hydrogens (tertiary/aromatic N) is 2. The third-order valence-electron chi connectivity index (χ3n) is 4.55. The summed E-state index contributed by atoms with van der Waals surface area (Å²) < 4.78 is 13.2. The largest absolute Gasteiger partial charge is 0.370 e. The summed E-state index contributed by atoms with van der Waals surface area (Å²) in [6.07, 6.45) is 2.05. The van der Waals surface area contributed by atoms with Gasteiger partial charge in [0, 0.05) is 30.9 Å². The van der Waals surface area contributed by atoms with E-state index in [0.717, 1.165) is 25.1 Å². The van der Waals surface area contributed by atoms with Crippen molar-refractivity contribution in [1.29, 1.82) is 0 Å². The zero-order valence-corrected chi connectivity index (χ0v) is 14.5. The average Bonchev–Trinajstić information content (AvgIpc) is 2.63. The molecule has 1 heterocycles. The van der Waals surface area contributed by atoms with Gasteiger partial charge in [0.2, 0.25) is 11.8 Å². The van der Waals surface area contributed by atoms with Crippen LogP contribution in [0.3, 0.4) is 0 Å². The van der Waals surface area contributed by atoms with Gasteiger partial charge >= 0.3 is 0 Å². The highest BCUT2D eigenvalue weighted by Crippen LogP contribution is 2.27. The Kier molecular flexibility index (Phi) is 5.51. The van der Waals surface area contributed by atoms with Gasteiger partial charge in [-0.15, -0.1) is 0 Å². The maximum absolute atomic E-state index is 13.2. The first kappa shape index (κ1) is 17.9. The van der Waals surface area contributed by atoms with Crippen molar-refractivity contribution in [2.45, 2.75) is 19.3 Å². The first-order chi connectivity index (χ1) is 12.5. The number of para-hydroxylation sites is 1.